The number of rotatable bonds is 2. The van der Waals surface area contributed by atoms with Gasteiger partial charge in [0.15, 0.2) is 0 Å². The Balaban J connectivity index is 2.06. The highest BCUT2D eigenvalue weighted by molar-refractivity contribution is 5.79. The number of hydrogen-bond acceptors (Lipinski definition) is 2. The molecule has 3 heteroatoms. The molecule has 2 N–H and O–H groups in total. The van der Waals surface area contributed by atoms with E-state index < -0.39 is 11.5 Å². The largest absolute Gasteiger partial charge is 0.480 e. The molecule has 0 spiro atoms. The number of carboxylic acids is 1. The van der Waals surface area contributed by atoms with Crippen molar-refractivity contribution in [2.24, 2.45) is 0 Å². The van der Waals surface area contributed by atoms with Crippen molar-refractivity contribution in [1.29, 1.82) is 0 Å². The molecule has 1 aromatic carbocycles. The predicted molar refractivity (Wildman–Crippen MR) is 65.5 cm³/mol. The summed E-state index contributed by atoms with van der Waals surface area (Å²) in [4.78, 5) is 11.2. The lowest BCUT2D eigenvalue weighted by Crippen LogP contribution is -2.47. The molecule has 1 atom stereocenters. The van der Waals surface area contributed by atoms with Crippen LogP contribution >= 0.6 is 0 Å². The molecular weight excluding hydrogens is 214 g/mol. The van der Waals surface area contributed by atoms with E-state index in [0.29, 0.717) is 12.8 Å². The average Bonchev–Trinajstić information content (AvgIpc) is 2.80. The molecule has 2 rings (SSSR count). The Bertz CT molecular complexity index is 450. The Morgan fingerprint density at radius 2 is 2.18 bits per heavy atom. The number of carboxylic acid groups (broad SMARTS) is 1. The van der Waals surface area contributed by atoms with E-state index in [2.05, 4.69) is 17.2 Å². The van der Waals surface area contributed by atoms with Gasteiger partial charge >= 0.3 is 5.97 Å². The Labute approximate surface area is 101 Å². The van der Waals surface area contributed by atoms with Gasteiger partial charge in [0.25, 0.3) is 0 Å². The van der Waals surface area contributed by atoms with Gasteiger partial charge in [0.05, 0.1) is 0 Å². The minimum Gasteiger partial charge on any atom is -0.480 e. The van der Waals surface area contributed by atoms with Crippen LogP contribution in [0, 0.1) is 11.8 Å². The van der Waals surface area contributed by atoms with Crippen molar-refractivity contribution >= 4 is 5.97 Å². The Morgan fingerprint density at radius 3 is 2.76 bits per heavy atom. The summed E-state index contributed by atoms with van der Waals surface area (Å²) in [5.41, 5.74) is 0.0907. The molecule has 0 saturated carbocycles. The molecule has 17 heavy (non-hydrogen) atoms. The van der Waals surface area contributed by atoms with E-state index in [-0.39, 0.29) is 0 Å². The first kappa shape index (κ1) is 11.7. The van der Waals surface area contributed by atoms with Crippen LogP contribution in [0.5, 0.6) is 0 Å². The number of carbonyl (C=O) groups is 1. The first-order valence-corrected chi connectivity index (χ1v) is 5.75. The van der Waals surface area contributed by atoms with Crippen molar-refractivity contribution in [3.8, 4) is 11.8 Å². The number of aliphatic carboxylic acids is 1. The smallest absolute Gasteiger partial charge is 0.324 e. The lowest BCUT2D eigenvalue weighted by Gasteiger charge is -2.21. The van der Waals surface area contributed by atoms with Crippen molar-refractivity contribution in [2.45, 2.75) is 24.8 Å². The zero-order valence-corrected chi connectivity index (χ0v) is 9.57. The van der Waals surface area contributed by atoms with E-state index in [9.17, 15) is 9.90 Å². The SMILES string of the molecule is O=C(O)C1(CC#Cc2ccccc2)CCCN1. The first-order chi connectivity index (χ1) is 8.23. The zero-order chi connectivity index (χ0) is 12.1. The lowest BCUT2D eigenvalue weighted by atomic mass is 9.94. The maximum Gasteiger partial charge on any atom is 0.324 e. The summed E-state index contributed by atoms with van der Waals surface area (Å²) >= 11 is 0. The molecule has 0 aromatic heterocycles. The van der Waals surface area contributed by atoms with Crippen LogP contribution in [-0.2, 0) is 4.79 Å². The van der Waals surface area contributed by atoms with E-state index in [1.807, 2.05) is 30.3 Å². The highest BCUT2D eigenvalue weighted by Crippen LogP contribution is 2.22. The molecule has 0 aliphatic carbocycles. The second-order valence-corrected chi connectivity index (χ2v) is 4.26. The summed E-state index contributed by atoms with van der Waals surface area (Å²) in [6, 6.07) is 9.61. The second kappa shape index (κ2) is 5.03. The molecule has 88 valence electrons. The third-order valence-electron chi connectivity index (χ3n) is 3.05. The normalized spacial score (nSPS) is 22.8. The van der Waals surface area contributed by atoms with Crippen LogP contribution in [0.2, 0.25) is 0 Å². The fraction of sp³-hybridized carbons (Fsp3) is 0.357. The van der Waals surface area contributed by atoms with Gasteiger partial charge < -0.3 is 10.4 Å². The minimum absolute atomic E-state index is 0.358. The molecule has 1 aromatic rings. The number of benzene rings is 1. The van der Waals surface area contributed by atoms with E-state index in [1.54, 1.807) is 0 Å². The number of hydrogen-bond donors (Lipinski definition) is 2. The summed E-state index contributed by atoms with van der Waals surface area (Å²) in [6.07, 6.45) is 1.92. The van der Waals surface area contributed by atoms with Crippen molar-refractivity contribution in [3.05, 3.63) is 35.9 Å². The Morgan fingerprint density at radius 1 is 1.41 bits per heavy atom. The summed E-state index contributed by atoms with van der Waals surface area (Å²) in [6.45, 7) is 0.763. The van der Waals surface area contributed by atoms with E-state index in [4.69, 9.17) is 0 Å². The molecule has 1 saturated heterocycles. The van der Waals surface area contributed by atoms with E-state index >= 15 is 0 Å². The molecule has 0 radical (unpaired) electrons. The topological polar surface area (TPSA) is 49.3 Å². The Kier molecular flexibility index (Phi) is 3.46. The minimum atomic E-state index is -0.832. The van der Waals surface area contributed by atoms with Gasteiger partial charge in [-0.3, -0.25) is 4.79 Å². The van der Waals surface area contributed by atoms with Crippen molar-refractivity contribution in [1.82, 2.24) is 5.32 Å². The molecule has 1 aliphatic heterocycles. The number of nitrogens with one attached hydrogen (secondary N) is 1. The van der Waals surface area contributed by atoms with Crippen LogP contribution in [0.15, 0.2) is 30.3 Å². The van der Waals surface area contributed by atoms with Gasteiger partial charge in [-0.2, -0.15) is 0 Å². The molecule has 0 bridgehead atoms. The van der Waals surface area contributed by atoms with Gasteiger partial charge in [0, 0.05) is 12.0 Å². The maximum absolute atomic E-state index is 11.2. The van der Waals surface area contributed by atoms with E-state index in [1.165, 1.54) is 0 Å². The van der Waals surface area contributed by atoms with Crippen molar-refractivity contribution < 1.29 is 9.90 Å². The molecule has 3 nitrogen and oxygen atoms in total. The summed E-state index contributed by atoms with van der Waals surface area (Å²) in [7, 11) is 0. The Hall–Kier alpha value is -1.79. The fourth-order valence-electron chi connectivity index (χ4n) is 2.03. The standard InChI is InChI=1S/C14H15NO2/c16-13(17)14(10-5-11-15-14)9-4-8-12-6-2-1-3-7-12/h1-3,6-7,15H,5,9-11H2,(H,16,17). The quantitative estimate of drug-likeness (QED) is 0.758. The monoisotopic (exact) mass is 229 g/mol. The van der Waals surface area contributed by atoms with Crippen LogP contribution in [0.25, 0.3) is 0 Å². The van der Waals surface area contributed by atoms with Crippen LogP contribution in [0.3, 0.4) is 0 Å². The average molecular weight is 229 g/mol. The van der Waals surface area contributed by atoms with Crippen LogP contribution in [0.4, 0.5) is 0 Å². The third kappa shape index (κ3) is 2.66. The summed E-state index contributed by atoms with van der Waals surface area (Å²) in [5.74, 6) is 5.18. The lowest BCUT2D eigenvalue weighted by molar-refractivity contribution is -0.144. The van der Waals surface area contributed by atoms with Crippen molar-refractivity contribution in [3.63, 3.8) is 0 Å². The van der Waals surface area contributed by atoms with Crippen LogP contribution < -0.4 is 5.32 Å². The second-order valence-electron chi connectivity index (χ2n) is 4.26. The molecule has 1 aliphatic rings. The van der Waals surface area contributed by atoms with Gasteiger partial charge in [0.2, 0.25) is 0 Å². The summed E-state index contributed by atoms with van der Waals surface area (Å²) < 4.78 is 0. The third-order valence-corrected chi connectivity index (χ3v) is 3.05. The van der Waals surface area contributed by atoms with E-state index in [0.717, 1.165) is 18.5 Å². The highest BCUT2D eigenvalue weighted by Gasteiger charge is 2.40. The molecule has 1 heterocycles. The van der Waals surface area contributed by atoms with Gasteiger partial charge in [-0.05, 0) is 31.5 Å². The van der Waals surface area contributed by atoms with Crippen LogP contribution in [0.1, 0.15) is 24.8 Å². The highest BCUT2D eigenvalue weighted by atomic mass is 16.4. The van der Waals surface area contributed by atoms with Gasteiger partial charge in [-0.15, -0.1) is 0 Å². The molecular formula is C14H15NO2. The molecule has 0 amide bonds. The first-order valence-electron chi connectivity index (χ1n) is 5.75. The molecule has 1 fully saturated rings. The summed E-state index contributed by atoms with van der Waals surface area (Å²) in [5, 5.41) is 12.3. The van der Waals surface area contributed by atoms with Gasteiger partial charge in [0.1, 0.15) is 5.54 Å². The van der Waals surface area contributed by atoms with Crippen molar-refractivity contribution in [2.75, 3.05) is 6.54 Å². The van der Waals surface area contributed by atoms with Gasteiger partial charge in [-0.25, -0.2) is 0 Å². The van der Waals surface area contributed by atoms with Gasteiger partial charge in [-0.1, -0.05) is 30.0 Å². The zero-order valence-electron chi connectivity index (χ0n) is 9.57. The maximum atomic E-state index is 11.2. The molecule has 1 unspecified atom stereocenters. The predicted octanol–water partition coefficient (Wildman–Crippen LogP) is 1.64. The van der Waals surface area contributed by atoms with Crippen LogP contribution in [-0.4, -0.2) is 23.2 Å². The fourth-order valence-corrected chi connectivity index (χ4v) is 2.03.